The molecule has 5 nitrogen and oxygen atoms in total. The van der Waals surface area contributed by atoms with E-state index in [0.29, 0.717) is 17.8 Å². The second-order valence-corrected chi connectivity index (χ2v) is 3.05. The van der Waals surface area contributed by atoms with Crippen molar-refractivity contribution in [2.75, 3.05) is 6.54 Å². The molecule has 0 aliphatic heterocycles. The van der Waals surface area contributed by atoms with Crippen LogP contribution in [0.3, 0.4) is 0 Å². The summed E-state index contributed by atoms with van der Waals surface area (Å²) in [5, 5.41) is 11.8. The van der Waals surface area contributed by atoms with Gasteiger partial charge in [-0.15, -0.1) is 0 Å². The fourth-order valence-corrected chi connectivity index (χ4v) is 0.986. The van der Waals surface area contributed by atoms with E-state index in [1.54, 1.807) is 20.0 Å². The maximum absolute atomic E-state index is 11.0. The summed E-state index contributed by atoms with van der Waals surface area (Å²) in [6.45, 7) is 4.13. The number of rotatable bonds is 3. The van der Waals surface area contributed by atoms with Gasteiger partial charge in [0.25, 0.3) is 0 Å². The number of nitrogens with one attached hydrogen (secondary N) is 1. The summed E-state index contributed by atoms with van der Waals surface area (Å²) in [5.41, 5.74) is 1.21. The second kappa shape index (κ2) is 5.19. The van der Waals surface area contributed by atoms with Crippen LogP contribution < -0.4 is 5.32 Å². The monoisotopic (exact) mass is 210 g/mol. The third-order valence-corrected chi connectivity index (χ3v) is 1.81. The molecule has 5 heteroatoms. The Hall–Kier alpha value is -1.78. The van der Waals surface area contributed by atoms with Crippen LogP contribution >= 0.6 is 0 Å². The molecule has 0 bridgehead atoms. The maximum atomic E-state index is 11.0. The van der Waals surface area contributed by atoms with Crippen LogP contribution in [0.2, 0.25) is 0 Å². The molecule has 0 fully saturated rings. The van der Waals surface area contributed by atoms with Crippen LogP contribution in [0.15, 0.2) is 12.3 Å². The van der Waals surface area contributed by atoms with Gasteiger partial charge in [0.15, 0.2) is 0 Å². The number of carbonyl (C=O) groups excluding carboxylic acids is 1. The smallest absolute Gasteiger partial charge is 0.407 e. The summed E-state index contributed by atoms with van der Waals surface area (Å²) in [7, 11) is 0. The van der Waals surface area contributed by atoms with E-state index in [1.165, 1.54) is 6.07 Å². The molecule has 0 atom stereocenters. The normalized spacial score (nSPS) is 9.73. The predicted octanol–water partition coefficient (Wildman–Crippen LogP) is 1.34. The van der Waals surface area contributed by atoms with Crippen LogP contribution in [-0.2, 0) is 11.3 Å². The lowest BCUT2D eigenvalue weighted by Crippen LogP contribution is -2.23. The molecule has 2 N–H and O–H groups in total. The topological polar surface area (TPSA) is 71.5 Å². The number of aromatic hydroxyl groups is 1. The Morgan fingerprint density at radius 3 is 3.00 bits per heavy atom. The van der Waals surface area contributed by atoms with Crippen molar-refractivity contribution in [2.45, 2.75) is 20.5 Å². The Balaban J connectivity index is 2.51. The third-order valence-electron chi connectivity index (χ3n) is 1.81. The van der Waals surface area contributed by atoms with Crippen molar-refractivity contribution in [1.82, 2.24) is 10.3 Å². The zero-order chi connectivity index (χ0) is 11.3. The van der Waals surface area contributed by atoms with Crippen molar-refractivity contribution in [3.63, 3.8) is 0 Å². The number of hydrogen-bond donors (Lipinski definition) is 2. The molecular weight excluding hydrogens is 196 g/mol. The first-order chi connectivity index (χ1) is 7.13. The number of amides is 1. The molecule has 0 aliphatic rings. The third kappa shape index (κ3) is 3.46. The number of aromatic nitrogens is 1. The zero-order valence-electron chi connectivity index (χ0n) is 8.78. The Bertz CT molecular complexity index is 353. The first-order valence-corrected chi connectivity index (χ1v) is 4.68. The van der Waals surface area contributed by atoms with Crippen molar-refractivity contribution in [3.05, 3.63) is 23.5 Å². The van der Waals surface area contributed by atoms with Gasteiger partial charge in [-0.05, 0) is 19.9 Å². The molecule has 0 radical (unpaired) electrons. The largest absolute Gasteiger partial charge is 0.506 e. The Morgan fingerprint density at radius 1 is 1.67 bits per heavy atom. The maximum Gasteiger partial charge on any atom is 0.407 e. The van der Waals surface area contributed by atoms with E-state index in [9.17, 15) is 9.90 Å². The van der Waals surface area contributed by atoms with Gasteiger partial charge in [0.2, 0.25) is 0 Å². The average molecular weight is 210 g/mol. The minimum atomic E-state index is -0.474. The lowest BCUT2D eigenvalue weighted by molar-refractivity contribution is 0.140. The Kier molecular flexibility index (Phi) is 3.91. The number of alkyl carbamates (subject to hydrolysis) is 1. The van der Waals surface area contributed by atoms with Crippen LogP contribution in [0, 0.1) is 6.92 Å². The van der Waals surface area contributed by atoms with Crippen LogP contribution in [0.5, 0.6) is 5.75 Å². The van der Waals surface area contributed by atoms with Gasteiger partial charge < -0.3 is 15.2 Å². The van der Waals surface area contributed by atoms with E-state index in [0.717, 1.165) is 0 Å². The van der Waals surface area contributed by atoms with Crippen molar-refractivity contribution in [3.8, 4) is 5.75 Å². The molecule has 82 valence electrons. The Morgan fingerprint density at radius 2 is 2.40 bits per heavy atom. The van der Waals surface area contributed by atoms with Crippen molar-refractivity contribution in [2.24, 2.45) is 0 Å². The van der Waals surface area contributed by atoms with Gasteiger partial charge in [0.05, 0.1) is 5.69 Å². The molecule has 0 unspecified atom stereocenters. The minimum Gasteiger partial charge on any atom is -0.506 e. The second-order valence-electron chi connectivity index (χ2n) is 3.05. The Labute approximate surface area is 88.1 Å². The zero-order valence-corrected chi connectivity index (χ0v) is 8.78. The van der Waals surface area contributed by atoms with Crippen LogP contribution in [0.4, 0.5) is 4.79 Å². The molecule has 0 spiro atoms. The van der Waals surface area contributed by atoms with E-state index in [1.807, 2.05) is 0 Å². The van der Waals surface area contributed by atoms with Gasteiger partial charge >= 0.3 is 6.09 Å². The highest BCUT2D eigenvalue weighted by Gasteiger charge is 2.03. The quantitative estimate of drug-likeness (QED) is 0.789. The summed E-state index contributed by atoms with van der Waals surface area (Å²) in [5.74, 6) is 0.104. The molecule has 0 aliphatic carbocycles. The predicted molar refractivity (Wildman–Crippen MR) is 54.5 cm³/mol. The lowest BCUT2D eigenvalue weighted by Gasteiger charge is -2.06. The van der Waals surface area contributed by atoms with Gasteiger partial charge in [-0.1, -0.05) is 0 Å². The molecule has 0 saturated heterocycles. The molecule has 1 amide bonds. The van der Waals surface area contributed by atoms with E-state index >= 15 is 0 Å². The summed E-state index contributed by atoms with van der Waals surface area (Å²) >= 11 is 0. The molecule has 0 saturated carbocycles. The highest BCUT2D eigenvalue weighted by molar-refractivity contribution is 5.66. The highest BCUT2D eigenvalue weighted by atomic mass is 16.5. The number of carbonyl (C=O) groups is 1. The number of pyridine rings is 1. The van der Waals surface area contributed by atoms with Gasteiger partial charge in [-0.3, -0.25) is 4.98 Å². The molecular formula is C10H14N2O3. The molecule has 0 aromatic carbocycles. The number of aryl methyl sites for hydroxylation is 1. The van der Waals surface area contributed by atoms with Gasteiger partial charge in [-0.25, -0.2) is 4.79 Å². The van der Waals surface area contributed by atoms with Crippen LogP contribution in [0.1, 0.15) is 18.2 Å². The lowest BCUT2D eigenvalue weighted by atomic mass is 10.2. The van der Waals surface area contributed by atoms with Crippen LogP contribution in [0.25, 0.3) is 0 Å². The van der Waals surface area contributed by atoms with E-state index < -0.39 is 6.09 Å². The number of nitrogens with zero attached hydrogens (tertiary/aromatic N) is 1. The van der Waals surface area contributed by atoms with E-state index in [2.05, 4.69) is 10.3 Å². The first kappa shape index (κ1) is 11.3. The summed E-state index contributed by atoms with van der Waals surface area (Å²) in [4.78, 5) is 14.9. The van der Waals surface area contributed by atoms with Crippen LogP contribution in [-0.4, -0.2) is 22.7 Å². The highest BCUT2D eigenvalue weighted by Crippen LogP contribution is 2.14. The standard InChI is InChI=1S/C10H14N2O3/c1-3-11-10(14)15-6-8-4-9(13)7(2)12-5-8/h4-5,13H,3,6H2,1-2H3,(H,11,14). The van der Waals surface area contributed by atoms with E-state index in [-0.39, 0.29) is 12.4 Å². The van der Waals surface area contributed by atoms with Crippen molar-refractivity contribution >= 4 is 6.09 Å². The number of hydrogen-bond acceptors (Lipinski definition) is 4. The molecule has 1 heterocycles. The summed E-state index contributed by atoms with van der Waals surface area (Å²) < 4.78 is 4.86. The minimum absolute atomic E-state index is 0.104. The van der Waals surface area contributed by atoms with Gasteiger partial charge in [0.1, 0.15) is 12.4 Å². The SMILES string of the molecule is CCNC(=O)OCc1cnc(C)c(O)c1. The molecule has 1 aromatic heterocycles. The van der Waals surface area contributed by atoms with Crippen molar-refractivity contribution in [1.29, 1.82) is 0 Å². The van der Waals surface area contributed by atoms with Gasteiger partial charge in [-0.2, -0.15) is 0 Å². The average Bonchev–Trinajstić information content (AvgIpc) is 2.20. The fourth-order valence-electron chi connectivity index (χ4n) is 0.986. The fraction of sp³-hybridized carbons (Fsp3) is 0.400. The summed E-state index contributed by atoms with van der Waals surface area (Å²) in [6.07, 6.45) is 1.09. The molecule has 15 heavy (non-hydrogen) atoms. The van der Waals surface area contributed by atoms with Gasteiger partial charge in [0, 0.05) is 18.3 Å². The summed E-state index contributed by atoms with van der Waals surface area (Å²) in [6, 6.07) is 1.53. The molecule has 1 rings (SSSR count). The number of ether oxygens (including phenoxy) is 1. The van der Waals surface area contributed by atoms with Crippen molar-refractivity contribution < 1.29 is 14.6 Å². The molecule has 1 aromatic rings. The van der Waals surface area contributed by atoms with E-state index in [4.69, 9.17) is 4.74 Å². The first-order valence-electron chi connectivity index (χ1n) is 4.68.